The van der Waals surface area contributed by atoms with Crippen molar-refractivity contribution in [2.75, 3.05) is 54.1 Å². The molecule has 0 aliphatic rings. The van der Waals surface area contributed by atoms with E-state index in [4.69, 9.17) is 18.5 Å². The van der Waals surface area contributed by atoms with Crippen LogP contribution in [0.5, 0.6) is 0 Å². The minimum atomic E-state index is -4.27. The van der Waals surface area contributed by atoms with Crippen LogP contribution in [0.1, 0.15) is 162 Å². The normalized spacial score (nSPS) is 14.2. The Labute approximate surface area is 296 Å². The molecule has 0 radical (unpaired) electrons. The smallest absolute Gasteiger partial charge is 0.457 e. The standard InChI is InChI=1S/C39H76NO7P/c1-6-8-10-12-14-16-18-19-20-21-22-24-26-28-30-32-39(41)47-38(37-46-48(42,43)45-35-33-40(3,4)5)36-44-34-31-29-27-25-23-17-15-13-11-9-7-2/h11,13,19-20,38H,6-10,12,14-18,21-37H2,1-5H3/p+1/b13-11-,20-19-. The lowest BCUT2D eigenvalue weighted by Crippen LogP contribution is -2.37. The first-order chi connectivity index (χ1) is 23.1. The molecule has 2 unspecified atom stereocenters. The maximum atomic E-state index is 12.6. The molecule has 0 rings (SSSR count). The van der Waals surface area contributed by atoms with Gasteiger partial charge in [-0.2, -0.15) is 0 Å². The number of quaternary nitrogens is 1. The molecular weight excluding hydrogens is 625 g/mol. The molecule has 8 nitrogen and oxygen atoms in total. The van der Waals surface area contributed by atoms with Crippen LogP contribution in [0, 0.1) is 0 Å². The van der Waals surface area contributed by atoms with Crippen molar-refractivity contribution >= 4 is 13.8 Å². The first-order valence-electron chi connectivity index (χ1n) is 19.6. The fourth-order valence-electron chi connectivity index (χ4n) is 5.14. The highest BCUT2D eigenvalue weighted by Crippen LogP contribution is 2.43. The molecule has 0 aromatic carbocycles. The minimum absolute atomic E-state index is 0.0866. The van der Waals surface area contributed by atoms with Crippen molar-refractivity contribution < 1.29 is 37.3 Å². The van der Waals surface area contributed by atoms with E-state index in [9.17, 15) is 14.3 Å². The number of carbonyl (C=O) groups is 1. The summed E-state index contributed by atoms with van der Waals surface area (Å²) in [6.45, 7) is 5.54. The first-order valence-corrected chi connectivity index (χ1v) is 21.1. The van der Waals surface area contributed by atoms with Crippen LogP contribution in [-0.4, -0.2) is 75.6 Å². The van der Waals surface area contributed by atoms with Gasteiger partial charge in [0.1, 0.15) is 19.3 Å². The number of ether oxygens (including phenoxy) is 2. The molecule has 2 atom stereocenters. The van der Waals surface area contributed by atoms with Gasteiger partial charge in [0.2, 0.25) is 0 Å². The van der Waals surface area contributed by atoms with Crippen LogP contribution in [0.4, 0.5) is 0 Å². The van der Waals surface area contributed by atoms with Crippen LogP contribution >= 0.6 is 7.82 Å². The van der Waals surface area contributed by atoms with Crippen LogP contribution < -0.4 is 0 Å². The summed E-state index contributed by atoms with van der Waals surface area (Å²) in [7, 11) is 1.66. The van der Waals surface area contributed by atoms with Crippen LogP contribution in [-0.2, 0) is 27.9 Å². The third-order valence-electron chi connectivity index (χ3n) is 8.22. The predicted octanol–water partition coefficient (Wildman–Crippen LogP) is 10.9. The molecule has 0 aromatic heterocycles. The monoisotopic (exact) mass is 703 g/mol. The molecule has 48 heavy (non-hydrogen) atoms. The Morgan fingerprint density at radius 1 is 0.625 bits per heavy atom. The van der Waals surface area contributed by atoms with E-state index in [1.807, 2.05) is 21.1 Å². The lowest BCUT2D eigenvalue weighted by atomic mass is 10.1. The highest BCUT2D eigenvalue weighted by molar-refractivity contribution is 7.47. The van der Waals surface area contributed by atoms with Crippen molar-refractivity contribution in [1.82, 2.24) is 0 Å². The van der Waals surface area contributed by atoms with E-state index in [0.717, 1.165) is 44.9 Å². The van der Waals surface area contributed by atoms with Crippen molar-refractivity contribution in [3.63, 3.8) is 0 Å². The molecule has 9 heteroatoms. The zero-order valence-electron chi connectivity index (χ0n) is 32.0. The average molecular weight is 703 g/mol. The Bertz CT molecular complexity index is 828. The molecule has 0 aliphatic heterocycles. The van der Waals surface area contributed by atoms with Gasteiger partial charge in [0.25, 0.3) is 0 Å². The fourth-order valence-corrected chi connectivity index (χ4v) is 5.88. The number of nitrogens with zero attached hydrogens (tertiary/aromatic N) is 1. The number of unbranched alkanes of at least 4 members (excludes halogenated alkanes) is 18. The Morgan fingerprint density at radius 3 is 1.67 bits per heavy atom. The number of phosphoric ester groups is 1. The van der Waals surface area contributed by atoms with Crippen LogP contribution in [0.3, 0.4) is 0 Å². The number of carbonyl (C=O) groups excluding carboxylic acids is 1. The summed E-state index contributed by atoms with van der Waals surface area (Å²) in [5, 5.41) is 0. The van der Waals surface area contributed by atoms with Crippen LogP contribution in [0.2, 0.25) is 0 Å². The van der Waals surface area contributed by atoms with Crippen molar-refractivity contribution in [3.8, 4) is 0 Å². The lowest BCUT2D eigenvalue weighted by Gasteiger charge is -2.24. The van der Waals surface area contributed by atoms with Crippen molar-refractivity contribution in [3.05, 3.63) is 24.3 Å². The quantitative estimate of drug-likeness (QED) is 0.0228. The third kappa shape index (κ3) is 36.3. The van der Waals surface area contributed by atoms with Gasteiger partial charge >= 0.3 is 13.8 Å². The van der Waals surface area contributed by atoms with Gasteiger partial charge in [-0.15, -0.1) is 0 Å². The van der Waals surface area contributed by atoms with E-state index in [-0.39, 0.29) is 25.8 Å². The number of rotatable bonds is 36. The van der Waals surface area contributed by atoms with Gasteiger partial charge in [-0.25, -0.2) is 4.57 Å². The van der Waals surface area contributed by atoms with Gasteiger partial charge in [-0.05, 0) is 57.8 Å². The Balaban J connectivity index is 4.30. The molecule has 0 aliphatic carbocycles. The summed E-state index contributed by atoms with van der Waals surface area (Å²) in [6.07, 6.45) is 34.9. The molecule has 0 saturated heterocycles. The number of likely N-dealkylation sites (N-methyl/N-ethyl adjacent to an activating group) is 1. The van der Waals surface area contributed by atoms with Gasteiger partial charge < -0.3 is 18.9 Å². The van der Waals surface area contributed by atoms with Gasteiger partial charge in [0.05, 0.1) is 34.4 Å². The number of allylic oxidation sites excluding steroid dienone is 4. The Kier molecular flexibility index (Phi) is 32.4. The third-order valence-corrected chi connectivity index (χ3v) is 9.20. The molecule has 1 N–H and O–H groups in total. The summed E-state index contributed by atoms with van der Waals surface area (Å²) in [6, 6.07) is 0. The average Bonchev–Trinajstić information content (AvgIpc) is 3.03. The van der Waals surface area contributed by atoms with Crippen LogP contribution in [0.25, 0.3) is 0 Å². The Morgan fingerprint density at radius 2 is 1.12 bits per heavy atom. The highest BCUT2D eigenvalue weighted by Gasteiger charge is 2.26. The highest BCUT2D eigenvalue weighted by atomic mass is 31.2. The maximum absolute atomic E-state index is 12.6. The zero-order chi connectivity index (χ0) is 35.6. The lowest BCUT2D eigenvalue weighted by molar-refractivity contribution is -0.870. The molecule has 0 bridgehead atoms. The summed E-state index contributed by atoms with van der Waals surface area (Å²) < 4.78 is 34.8. The second-order valence-corrected chi connectivity index (χ2v) is 15.8. The molecule has 0 amide bonds. The van der Waals surface area contributed by atoms with Gasteiger partial charge in [0, 0.05) is 13.0 Å². The maximum Gasteiger partial charge on any atom is 0.472 e. The second kappa shape index (κ2) is 33.1. The van der Waals surface area contributed by atoms with Gasteiger partial charge in [-0.1, -0.05) is 122 Å². The first kappa shape index (κ1) is 47.0. The largest absolute Gasteiger partial charge is 0.472 e. The number of phosphoric acid groups is 1. The summed E-state index contributed by atoms with van der Waals surface area (Å²) in [5.41, 5.74) is 0. The van der Waals surface area contributed by atoms with E-state index in [0.29, 0.717) is 24.1 Å². The Hall–Kier alpha value is -1.02. The topological polar surface area (TPSA) is 91.3 Å². The molecule has 0 aromatic rings. The van der Waals surface area contributed by atoms with Crippen molar-refractivity contribution in [1.29, 1.82) is 0 Å². The minimum Gasteiger partial charge on any atom is -0.457 e. The summed E-state index contributed by atoms with van der Waals surface area (Å²) in [5.74, 6) is -0.326. The van der Waals surface area contributed by atoms with Gasteiger partial charge in [-0.3, -0.25) is 13.8 Å². The van der Waals surface area contributed by atoms with Crippen molar-refractivity contribution in [2.45, 2.75) is 168 Å². The molecule has 0 fully saturated rings. The van der Waals surface area contributed by atoms with E-state index in [2.05, 4.69) is 38.2 Å². The predicted molar refractivity (Wildman–Crippen MR) is 201 cm³/mol. The zero-order valence-corrected chi connectivity index (χ0v) is 32.9. The molecule has 0 heterocycles. The number of esters is 1. The summed E-state index contributed by atoms with van der Waals surface area (Å²) >= 11 is 0. The van der Waals surface area contributed by atoms with Crippen LogP contribution in [0.15, 0.2) is 24.3 Å². The van der Waals surface area contributed by atoms with Crippen molar-refractivity contribution in [2.24, 2.45) is 0 Å². The summed E-state index contributed by atoms with van der Waals surface area (Å²) in [4.78, 5) is 22.8. The number of hydrogen-bond donors (Lipinski definition) is 1. The molecular formula is C39H77NO7P+. The fraction of sp³-hybridized carbons (Fsp3) is 0.872. The SMILES string of the molecule is CCC/C=C\CCCCCCCCOCC(COP(=O)(O)OCC[N+](C)(C)C)OC(=O)CCCCCCC/C=C\CCCCCCCC. The van der Waals surface area contributed by atoms with E-state index in [1.54, 1.807) is 0 Å². The molecule has 0 saturated carbocycles. The second-order valence-electron chi connectivity index (χ2n) is 14.3. The van der Waals surface area contributed by atoms with E-state index < -0.39 is 13.9 Å². The molecule has 284 valence electrons. The van der Waals surface area contributed by atoms with E-state index in [1.165, 1.54) is 96.3 Å². The van der Waals surface area contributed by atoms with E-state index >= 15 is 0 Å². The molecule has 0 spiro atoms. The van der Waals surface area contributed by atoms with Gasteiger partial charge in [0.15, 0.2) is 0 Å². The number of hydrogen-bond acceptors (Lipinski definition) is 6.